The summed E-state index contributed by atoms with van der Waals surface area (Å²) < 4.78 is 0. The minimum Gasteiger partial charge on any atom is -0.298 e. The number of rotatable bonds is 1. The molecule has 2 radical (unpaired) electrons. The topological polar surface area (TPSA) is 17.1 Å². The van der Waals surface area contributed by atoms with Crippen LogP contribution in [0.1, 0.15) is 27.0 Å². The fraction of sp³-hybridized carbons (Fsp3) is 0.200. The third kappa shape index (κ3) is 1.48. The van der Waals surface area contributed by atoms with Gasteiger partial charge in [0.15, 0.2) is 0 Å². The molecule has 1 rings (SSSR count). The summed E-state index contributed by atoms with van der Waals surface area (Å²) in [4.78, 5) is 10.4. The Kier molecular flexibility index (Phi) is 2.08. The fourth-order valence-electron chi connectivity index (χ4n) is 1.08. The van der Waals surface area contributed by atoms with Gasteiger partial charge in [-0.25, -0.2) is 0 Å². The van der Waals surface area contributed by atoms with Crippen LogP contribution in [0.25, 0.3) is 0 Å². The van der Waals surface area contributed by atoms with E-state index in [-0.39, 0.29) is 0 Å². The minimum absolute atomic E-state index is 0.689. The molecule has 0 saturated carbocycles. The Morgan fingerprint density at radius 2 is 1.73 bits per heavy atom. The molecule has 1 nitrogen and oxygen atoms in total. The predicted octanol–water partition coefficient (Wildman–Crippen LogP) is 2.18. The first-order chi connectivity index (χ1) is 5.15. The van der Waals surface area contributed by atoms with Gasteiger partial charge < -0.3 is 0 Å². The van der Waals surface area contributed by atoms with Gasteiger partial charge >= 0.3 is 0 Å². The van der Waals surface area contributed by atoms with Crippen LogP contribution < -0.4 is 0 Å². The van der Waals surface area contributed by atoms with E-state index in [0.717, 1.165) is 23.0 Å². The molecule has 0 atom stereocenters. The van der Waals surface area contributed by atoms with Crippen molar-refractivity contribution in [2.75, 3.05) is 0 Å². The largest absolute Gasteiger partial charge is 0.298 e. The summed E-state index contributed by atoms with van der Waals surface area (Å²) in [7, 11) is 0. The van der Waals surface area contributed by atoms with Crippen LogP contribution in [0.4, 0.5) is 0 Å². The van der Waals surface area contributed by atoms with E-state index >= 15 is 0 Å². The van der Waals surface area contributed by atoms with Gasteiger partial charge in [-0.15, -0.1) is 0 Å². The number of aldehydes is 1. The Labute approximate surface area is 67.1 Å². The summed E-state index contributed by atoms with van der Waals surface area (Å²) in [5.74, 6) is 0. The van der Waals surface area contributed by atoms with Gasteiger partial charge in [0.25, 0.3) is 0 Å². The molecule has 0 N–H and O–H groups in total. The molecule has 56 valence electrons. The summed E-state index contributed by atoms with van der Waals surface area (Å²) in [5, 5.41) is 0. The number of aryl methyl sites for hydroxylation is 2. The molecule has 0 heterocycles. The van der Waals surface area contributed by atoms with Crippen LogP contribution >= 0.6 is 0 Å². The van der Waals surface area contributed by atoms with Crippen LogP contribution in [-0.4, -0.2) is 6.29 Å². The molecule has 0 bridgehead atoms. The number of hydrogen-bond donors (Lipinski definition) is 0. The van der Waals surface area contributed by atoms with E-state index in [9.17, 15) is 4.79 Å². The van der Waals surface area contributed by atoms with Crippen LogP contribution in [0.2, 0.25) is 0 Å². The van der Waals surface area contributed by atoms with E-state index in [1.165, 1.54) is 0 Å². The molecule has 0 unspecified atom stereocenters. The van der Waals surface area contributed by atoms with E-state index in [2.05, 4.69) is 0 Å². The normalized spacial score (nSPS) is 9.73. The molecule has 11 heavy (non-hydrogen) atoms. The van der Waals surface area contributed by atoms with Crippen molar-refractivity contribution < 1.29 is 4.79 Å². The smallest absolute Gasteiger partial charge is 0.150 e. The van der Waals surface area contributed by atoms with Gasteiger partial charge in [0.2, 0.25) is 0 Å². The van der Waals surface area contributed by atoms with Gasteiger partial charge in [-0.05, 0) is 49.6 Å². The molecule has 0 aliphatic rings. The second-order valence-electron chi connectivity index (χ2n) is 2.69. The van der Waals surface area contributed by atoms with Crippen LogP contribution in [0.3, 0.4) is 0 Å². The van der Waals surface area contributed by atoms with Gasteiger partial charge in [0.1, 0.15) is 6.29 Å². The first-order valence-electron chi connectivity index (χ1n) is 3.47. The van der Waals surface area contributed by atoms with Crippen LogP contribution in [0.15, 0.2) is 12.1 Å². The zero-order valence-electron chi connectivity index (χ0n) is 6.72. The van der Waals surface area contributed by atoms with E-state index in [4.69, 9.17) is 6.92 Å². The highest BCUT2D eigenvalue weighted by Crippen LogP contribution is 2.13. The lowest BCUT2D eigenvalue weighted by atomic mass is 10.0. The first-order valence-corrected chi connectivity index (χ1v) is 3.47. The van der Waals surface area contributed by atoms with Gasteiger partial charge in [-0.3, -0.25) is 4.79 Å². The van der Waals surface area contributed by atoms with E-state index in [1.54, 1.807) is 12.1 Å². The molecule has 1 aromatic carbocycles. The van der Waals surface area contributed by atoms with Crippen molar-refractivity contribution in [3.8, 4) is 0 Å². The van der Waals surface area contributed by atoms with Crippen molar-refractivity contribution in [3.63, 3.8) is 0 Å². The van der Waals surface area contributed by atoms with Gasteiger partial charge in [-0.2, -0.15) is 0 Å². The maximum absolute atomic E-state index is 10.4. The number of carbonyl (C=O) groups excluding carboxylic acids is 1. The van der Waals surface area contributed by atoms with E-state index in [0.29, 0.717) is 5.56 Å². The van der Waals surface area contributed by atoms with Crippen molar-refractivity contribution in [3.05, 3.63) is 41.3 Å². The molecule has 1 heteroatoms. The SMILES string of the molecule is [CH]c1c(C)cc(C=O)cc1C. The molecule has 0 spiro atoms. The third-order valence-corrected chi connectivity index (χ3v) is 1.75. The second-order valence-corrected chi connectivity index (χ2v) is 2.69. The molecule has 0 amide bonds. The van der Waals surface area contributed by atoms with Gasteiger partial charge in [0.05, 0.1) is 0 Å². The number of hydrogen-bond acceptors (Lipinski definition) is 1. The fourth-order valence-corrected chi connectivity index (χ4v) is 1.08. The lowest BCUT2D eigenvalue weighted by molar-refractivity contribution is 0.112. The zero-order valence-corrected chi connectivity index (χ0v) is 6.72. The van der Waals surface area contributed by atoms with E-state index in [1.807, 2.05) is 13.8 Å². The summed E-state index contributed by atoms with van der Waals surface area (Å²) >= 11 is 0. The third-order valence-electron chi connectivity index (χ3n) is 1.75. The molecular weight excluding hydrogens is 136 g/mol. The van der Waals surface area contributed by atoms with Crippen LogP contribution in [-0.2, 0) is 0 Å². The predicted molar refractivity (Wildman–Crippen MR) is 44.7 cm³/mol. The monoisotopic (exact) mass is 146 g/mol. The van der Waals surface area contributed by atoms with Crippen molar-refractivity contribution in [1.82, 2.24) is 0 Å². The highest BCUT2D eigenvalue weighted by atomic mass is 16.1. The molecule has 1 aromatic rings. The standard InChI is InChI=1S/C10H10O/c1-7-4-10(6-11)5-8(2)9(7)3/h3-6H,1-2H3. The summed E-state index contributed by atoms with van der Waals surface area (Å²) in [6.07, 6.45) is 0.833. The van der Waals surface area contributed by atoms with Crippen molar-refractivity contribution in [2.24, 2.45) is 0 Å². The van der Waals surface area contributed by atoms with Gasteiger partial charge in [0, 0.05) is 5.56 Å². The quantitative estimate of drug-likeness (QED) is 0.555. The lowest BCUT2D eigenvalue weighted by Crippen LogP contribution is -1.89. The Balaban J connectivity index is 3.31. The van der Waals surface area contributed by atoms with Crippen molar-refractivity contribution in [2.45, 2.75) is 13.8 Å². The summed E-state index contributed by atoms with van der Waals surface area (Å²) in [5.41, 5.74) is 3.39. The highest BCUT2D eigenvalue weighted by molar-refractivity contribution is 5.76. The zero-order chi connectivity index (χ0) is 8.43. The average Bonchev–Trinajstić information content (AvgIpc) is 1.99. The summed E-state index contributed by atoms with van der Waals surface area (Å²) in [6, 6.07) is 3.57. The first kappa shape index (κ1) is 7.99. The maximum Gasteiger partial charge on any atom is 0.150 e. The Morgan fingerprint density at radius 3 is 2.09 bits per heavy atom. The minimum atomic E-state index is 0.689. The maximum atomic E-state index is 10.4. The lowest BCUT2D eigenvalue weighted by Gasteiger charge is -2.03. The number of benzene rings is 1. The molecule has 0 aliphatic carbocycles. The van der Waals surface area contributed by atoms with Crippen LogP contribution in [0, 0.1) is 20.8 Å². The molecule has 0 aromatic heterocycles. The average molecular weight is 146 g/mol. The van der Waals surface area contributed by atoms with Crippen molar-refractivity contribution in [1.29, 1.82) is 0 Å². The molecule has 0 saturated heterocycles. The molecule has 0 aliphatic heterocycles. The second kappa shape index (κ2) is 2.87. The van der Waals surface area contributed by atoms with Gasteiger partial charge in [-0.1, -0.05) is 0 Å². The Morgan fingerprint density at radius 1 is 1.27 bits per heavy atom. The van der Waals surface area contributed by atoms with E-state index < -0.39 is 0 Å². The highest BCUT2D eigenvalue weighted by Gasteiger charge is 1.98. The van der Waals surface area contributed by atoms with Crippen molar-refractivity contribution >= 4 is 6.29 Å². The Hall–Kier alpha value is -1.11. The summed E-state index contributed by atoms with van der Waals surface area (Å²) in [6.45, 7) is 9.49. The van der Waals surface area contributed by atoms with Crippen LogP contribution in [0.5, 0.6) is 0 Å². The molecule has 0 fully saturated rings. The Bertz CT molecular complexity index is 264. The molecular formula is C10H10O. The number of carbonyl (C=O) groups is 1.